The largest absolute Gasteiger partial charge is 0.496 e. The van der Waals surface area contributed by atoms with Gasteiger partial charge in [0.05, 0.1) is 7.11 Å². The van der Waals surface area contributed by atoms with Crippen molar-refractivity contribution in [3.05, 3.63) is 57.6 Å². The lowest BCUT2D eigenvalue weighted by Gasteiger charge is -2.17. The van der Waals surface area contributed by atoms with E-state index in [2.05, 4.69) is 54.0 Å². The molecular weight excluding hydrogens is 346 g/mol. The average molecular weight is 366 g/mol. The Balaban J connectivity index is 2.10. The van der Waals surface area contributed by atoms with Gasteiger partial charge in [-0.15, -0.1) is 11.8 Å². The third-order valence-electron chi connectivity index (χ3n) is 3.41. The second-order valence-corrected chi connectivity index (χ2v) is 7.06. The SMILES string of the molecule is COc1cc(C)c(C(N)CSc2cccc(Br)c2)cc1C. The van der Waals surface area contributed by atoms with Gasteiger partial charge in [0.15, 0.2) is 0 Å². The summed E-state index contributed by atoms with van der Waals surface area (Å²) in [6, 6.07) is 12.5. The predicted octanol–water partition coefficient (Wildman–Crippen LogP) is 4.87. The highest BCUT2D eigenvalue weighted by atomic mass is 79.9. The molecule has 0 aliphatic carbocycles. The molecule has 0 fully saturated rings. The van der Waals surface area contributed by atoms with E-state index in [1.807, 2.05) is 12.1 Å². The van der Waals surface area contributed by atoms with Crippen molar-refractivity contribution in [2.45, 2.75) is 24.8 Å². The first-order chi connectivity index (χ1) is 10.0. The summed E-state index contributed by atoms with van der Waals surface area (Å²) in [5, 5.41) is 0. The van der Waals surface area contributed by atoms with Crippen LogP contribution in [0.5, 0.6) is 5.75 Å². The Bertz CT molecular complexity index is 630. The standard InChI is InChI=1S/C17H20BrNOS/c1-11-8-17(20-3)12(2)7-15(11)16(19)10-21-14-6-4-5-13(18)9-14/h4-9,16H,10,19H2,1-3H3. The minimum Gasteiger partial charge on any atom is -0.496 e. The van der Waals surface area contributed by atoms with Gasteiger partial charge in [-0.1, -0.05) is 28.1 Å². The van der Waals surface area contributed by atoms with Crippen molar-refractivity contribution in [1.82, 2.24) is 0 Å². The first-order valence-corrected chi connectivity index (χ1v) is 8.58. The maximum atomic E-state index is 6.37. The number of methoxy groups -OCH3 is 1. The molecule has 21 heavy (non-hydrogen) atoms. The van der Waals surface area contributed by atoms with Gasteiger partial charge in [-0.2, -0.15) is 0 Å². The highest BCUT2D eigenvalue weighted by Gasteiger charge is 2.12. The van der Waals surface area contributed by atoms with Gasteiger partial charge in [0, 0.05) is 21.2 Å². The fraction of sp³-hybridized carbons (Fsp3) is 0.294. The molecule has 0 aliphatic rings. The topological polar surface area (TPSA) is 35.2 Å². The van der Waals surface area contributed by atoms with Crippen LogP contribution < -0.4 is 10.5 Å². The molecule has 2 nitrogen and oxygen atoms in total. The zero-order chi connectivity index (χ0) is 15.4. The lowest BCUT2D eigenvalue weighted by Crippen LogP contribution is -2.14. The number of thioether (sulfide) groups is 1. The second-order valence-electron chi connectivity index (χ2n) is 5.05. The van der Waals surface area contributed by atoms with Crippen molar-refractivity contribution < 1.29 is 4.74 Å². The summed E-state index contributed by atoms with van der Waals surface area (Å²) in [7, 11) is 1.70. The molecule has 0 heterocycles. The lowest BCUT2D eigenvalue weighted by molar-refractivity contribution is 0.411. The van der Waals surface area contributed by atoms with Gasteiger partial charge >= 0.3 is 0 Å². The summed E-state index contributed by atoms with van der Waals surface area (Å²) in [5.74, 6) is 1.77. The number of aryl methyl sites for hydroxylation is 2. The summed E-state index contributed by atoms with van der Waals surface area (Å²) in [6.07, 6.45) is 0. The number of benzene rings is 2. The molecule has 0 spiro atoms. The third-order valence-corrected chi connectivity index (χ3v) is 5.01. The molecule has 0 radical (unpaired) electrons. The van der Waals surface area contributed by atoms with Crippen LogP contribution >= 0.6 is 27.7 Å². The van der Waals surface area contributed by atoms with Gasteiger partial charge in [-0.3, -0.25) is 0 Å². The van der Waals surface area contributed by atoms with Gasteiger partial charge < -0.3 is 10.5 Å². The number of nitrogens with two attached hydrogens (primary N) is 1. The van der Waals surface area contributed by atoms with Crippen LogP contribution in [-0.2, 0) is 0 Å². The van der Waals surface area contributed by atoms with Crippen molar-refractivity contribution in [2.24, 2.45) is 5.73 Å². The van der Waals surface area contributed by atoms with Crippen molar-refractivity contribution in [3.63, 3.8) is 0 Å². The van der Waals surface area contributed by atoms with Crippen LogP contribution in [0.2, 0.25) is 0 Å². The molecule has 0 aromatic heterocycles. The summed E-state index contributed by atoms with van der Waals surface area (Å²) in [6.45, 7) is 4.14. The Morgan fingerprint density at radius 2 is 1.95 bits per heavy atom. The van der Waals surface area contributed by atoms with Crippen LogP contribution in [0, 0.1) is 13.8 Å². The van der Waals surface area contributed by atoms with E-state index in [4.69, 9.17) is 10.5 Å². The van der Waals surface area contributed by atoms with Crippen molar-refractivity contribution in [2.75, 3.05) is 12.9 Å². The summed E-state index contributed by atoms with van der Waals surface area (Å²) in [4.78, 5) is 1.22. The number of rotatable bonds is 5. The van der Waals surface area contributed by atoms with E-state index in [9.17, 15) is 0 Å². The van der Waals surface area contributed by atoms with Crippen molar-refractivity contribution in [3.8, 4) is 5.75 Å². The maximum Gasteiger partial charge on any atom is 0.122 e. The molecule has 0 saturated heterocycles. The Labute approximate surface area is 139 Å². The van der Waals surface area contributed by atoms with Crippen LogP contribution in [0.3, 0.4) is 0 Å². The van der Waals surface area contributed by atoms with Crippen LogP contribution in [-0.4, -0.2) is 12.9 Å². The lowest BCUT2D eigenvalue weighted by atomic mass is 10.00. The second kappa shape index (κ2) is 7.34. The monoisotopic (exact) mass is 365 g/mol. The van der Waals surface area contributed by atoms with E-state index in [-0.39, 0.29) is 6.04 Å². The highest BCUT2D eigenvalue weighted by Crippen LogP contribution is 2.30. The first kappa shape index (κ1) is 16.4. The molecule has 0 amide bonds. The molecule has 0 bridgehead atoms. The Kier molecular flexibility index (Phi) is 5.73. The molecular formula is C17H20BrNOS. The molecule has 0 saturated carbocycles. The van der Waals surface area contributed by atoms with Gasteiger partial charge in [0.25, 0.3) is 0 Å². The van der Waals surface area contributed by atoms with Gasteiger partial charge in [0.1, 0.15) is 5.75 Å². The Morgan fingerprint density at radius 1 is 1.19 bits per heavy atom. The van der Waals surface area contributed by atoms with E-state index in [1.54, 1.807) is 18.9 Å². The Hall–Kier alpha value is -0.970. The maximum absolute atomic E-state index is 6.37. The number of halogens is 1. The van der Waals surface area contributed by atoms with E-state index >= 15 is 0 Å². The zero-order valence-electron chi connectivity index (χ0n) is 12.5. The van der Waals surface area contributed by atoms with E-state index in [0.29, 0.717) is 0 Å². The number of hydrogen-bond donors (Lipinski definition) is 1. The molecule has 2 aromatic rings. The average Bonchev–Trinajstić information content (AvgIpc) is 2.46. The minimum absolute atomic E-state index is 0.0126. The first-order valence-electron chi connectivity index (χ1n) is 6.80. The molecule has 0 aliphatic heterocycles. The molecule has 2 aromatic carbocycles. The summed E-state index contributed by atoms with van der Waals surface area (Å²) >= 11 is 5.27. The number of ether oxygens (including phenoxy) is 1. The zero-order valence-corrected chi connectivity index (χ0v) is 14.9. The molecule has 2 rings (SSSR count). The van der Waals surface area contributed by atoms with Crippen molar-refractivity contribution in [1.29, 1.82) is 0 Å². The fourth-order valence-electron chi connectivity index (χ4n) is 2.26. The van der Waals surface area contributed by atoms with E-state index < -0.39 is 0 Å². The molecule has 4 heteroatoms. The van der Waals surface area contributed by atoms with Crippen LogP contribution in [0.1, 0.15) is 22.7 Å². The van der Waals surface area contributed by atoms with E-state index in [0.717, 1.165) is 21.5 Å². The Morgan fingerprint density at radius 3 is 2.62 bits per heavy atom. The summed E-state index contributed by atoms with van der Waals surface area (Å²) in [5.41, 5.74) is 9.87. The molecule has 1 unspecified atom stereocenters. The van der Waals surface area contributed by atoms with Crippen LogP contribution in [0.4, 0.5) is 0 Å². The quantitative estimate of drug-likeness (QED) is 0.767. The predicted molar refractivity (Wildman–Crippen MR) is 94.3 cm³/mol. The van der Waals surface area contributed by atoms with Gasteiger partial charge in [-0.05, 0) is 54.8 Å². The number of hydrogen-bond acceptors (Lipinski definition) is 3. The fourth-order valence-corrected chi connectivity index (χ4v) is 3.75. The normalized spacial score (nSPS) is 12.2. The van der Waals surface area contributed by atoms with Crippen LogP contribution in [0.25, 0.3) is 0 Å². The van der Waals surface area contributed by atoms with E-state index in [1.165, 1.54) is 16.0 Å². The van der Waals surface area contributed by atoms with Gasteiger partial charge in [-0.25, -0.2) is 0 Å². The minimum atomic E-state index is 0.0126. The van der Waals surface area contributed by atoms with Crippen molar-refractivity contribution >= 4 is 27.7 Å². The summed E-state index contributed by atoms with van der Waals surface area (Å²) < 4.78 is 6.45. The van der Waals surface area contributed by atoms with Gasteiger partial charge in [0.2, 0.25) is 0 Å². The molecule has 1 atom stereocenters. The third kappa shape index (κ3) is 4.25. The smallest absolute Gasteiger partial charge is 0.122 e. The molecule has 112 valence electrons. The van der Waals surface area contributed by atoms with Crippen LogP contribution in [0.15, 0.2) is 45.8 Å². The highest BCUT2D eigenvalue weighted by molar-refractivity contribution is 9.10. The molecule has 2 N–H and O–H groups in total.